The largest absolute Gasteiger partial charge is 0.474 e. The first-order valence-corrected chi connectivity index (χ1v) is 6.65. The predicted octanol–water partition coefficient (Wildman–Crippen LogP) is 2.27. The molecule has 1 fully saturated rings. The van der Waals surface area contributed by atoms with Crippen LogP contribution in [0.1, 0.15) is 19.8 Å². The van der Waals surface area contributed by atoms with Gasteiger partial charge in [-0.3, -0.25) is 4.90 Å². The molecule has 0 aromatic carbocycles. The lowest BCUT2D eigenvalue weighted by Gasteiger charge is -2.15. The number of rotatable bonds is 6. The van der Waals surface area contributed by atoms with Crippen LogP contribution in [-0.2, 0) is 0 Å². The van der Waals surface area contributed by atoms with E-state index in [-0.39, 0.29) is 11.7 Å². The molecule has 4 nitrogen and oxygen atoms in total. The molecule has 1 N–H and O–H groups in total. The van der Waals surface area contributed by atoms with Crippen molar-refractivity contribution in [2.75, 3.05) is 38.1 Å². The lowest BCUT2D eigenvalue weighted by Crippen LogP contribution is -2.25. The van der Waals surface area contributed by atoms with E-state index >= 15 is 0 Å². The Hall–Kier alpha value is -1.43. The number of hydrogen-bond acceptors (Lipinski definition) is 4. The van der Waals surface area contributed by atoms with E-state index < -0.39 is 11.6 Å². The van der Waals surface area contributed by atoms with Crippen LogP contribution in [0.5, 0.6) is 5.88 Å². The van der Waals surface area contributed by atoms with E-state index in [0.29, 0.717) is 13.2 Å². The summed E-state index contributed by atoms with van der Waals surface area (Å²) in [4.78, 5) is 6.08. The van der Waals surface area contributed by atoms with Gasteiger partial charge in [0.05, 0.1) is 0 Å². The third kappa shape index (κ3) is 3.76. The smallest absolute Gasteiger partial charge is 0.252 e. The first-order valence-electron chi connectivity index (χ1n) is 6.65. The van der Waals surface area contributed by atoms with Gasteiger partial charge in [-0.2, -0.15) is 4.98 Å². The molecule has 0 spiro atoms. The fraction of sp³-hybridized carbons (Fsp3) is 0.615. The number of aromatic nitrogens is 1. The van der Waals surface area contributed by atoms with Crippen molar-refractivity contribution in [1.29, 1.82) is 0 Å². The quantitative estimate of drug-likeness (QED) is 0.861. The monoisotopic (exact) mass is 271 g/mol. The van der Waals surface area contributed by atoms with Crippen LogP contribution >= 0.6 is 0 Å². The van der Waals surface area contributed by atoms with Gasteiger partial charge in [0.25, 0.3) is 5.88 Å². The Kier molecular flexibility index (Phi) is 4.90. The summed E-state index contributed by atoms with van der Waals surface area (Å²) in [6.45, 7) is 5.56. The van der Waals surface area contributed by atoms with Gasteiger partial charge in [-0.05, 0) is 32.9 Å². The molecule has 2 rings (SSSR count). The molecular weight excluding hydrogens is 252 g/mol. The molecule has 0 aliphatic carbocycles. The summed E-state index contributed by atoms with van der Waals surface area (Å²) in [5, 5.41) is 2.73. The molecule has 0 bridgehead atoms. The molecule has 1 aliphatic heterocycles. The highest BCUT2D eigenvalue weighted by molar-refractivity contribution is 5.39. The summed E-state index contributed by atoms with van der Waals surface area (Å²) in [6, 6.07) is 0.802. The van der Waals surface area contributed by atoms with Crippen molar-refractivity contribution < 1.29 is 13.5 Å². The van der Waals surface area contributed by atoms with Gasteiger partial charge in [0.1, 0.15) is 6.61 Å². The first kappa shape index (κ1) is 14.0. The Morgan fingerprint density at radius 3 is 2.74 bits per heavy atom. The van der Waals surface area contributed by atoms with Crippen LogP contribution in [0.3, 0.4) is 0 Å². The Labute approximate surface area is 111 Å². The third-order valence-corrected chi connectivity index (χ3v) is 3.09. The molecule has 0 atom stereocenters. The molecule has 0 saturated carbocycles. The number of nitrogens with one attached hydrogen (secondary N) is 1. The molecule has 2 heterocycles. The average molecular weight is 271 g/mol. The number of likely N-dealkylation sites (tertiary alicyclic amines) is 1. The Balaban J connectivity index is 1.92. The number of nitrogens with zero attached hydrogens (tertiary/aromatic N) is 2. The van der Waals surface area contributed by atoms with Crippen LogP contribution in [0.4, 0.5) is 14.6 Å². The minimum Gasteiger partial charge on any atom is -0.474 e. The van der Waals surface area contributed by atoms with E-state index in [1.807, 2.05) is 6.92 Å². The van der Waals surface area contributed by atoms with Crippen LogP contribution in [0.15, 0.2) is 6.07 Å². The zero-order chi connectivity index (χ0) is 13.7. The maximum absolute atomic E-state index is 13.5. The number of hydrogen-bond donors (Lipinski definition) is 1. The molecule has 1 aromatic heterocycles. The zero-order valence-corrected chi connectivity index (χ0v) is 11.1. The van der Waals surface area contributed by atoms with Gasteiger partial charge in [0.2, 0.25) is 0 Å². The fourth-order valence-corrected chi connectivity index (χ4v) is 2.12. The number of anilines is 1. The zero-order valence-electron chi connectivity index (χ0n) is 11.1. The SMILES string of the molecule is CCNc1nc(OCCN2CCCC2)c(F)cc1F. The highest BCUT2D eigenvalue weighted by Crippen LogP contribution is 2.20. The highest BCUT2D eigenvalue weighted by atomic mass is 19.1. The van der Waals surface area contributed by atoms with Crippen molar-refractivity contribution in [3.63, 3.8) is 0 Å². The van der Waals surface area contributed by atoms with Crippen molar-refractivity contribution in [2.45, 2.75) is 19.8 Å². The normalized spacial score (nSPS) is 15.7. The lowest BCUT2D eigenvalue weighted by molar-refractivity contribution is 0.224. The van der Waals surface area contributed by atoms with Crippen molar-refractivity contribution in [1.82, 2.24) is 9.88 Å². The maximum Gasteiger partial charge on any atom is 0.252 e. The van der Waals surface area contributed by atoms with Gasteiger partial charge < -0.3 is 10.1 Å². The average Bonchev–Trinajstić information content (AvgIpc) is 2.88. The van der Waals surface area contributed by atoms with Gasteiger partial charge >= 0.3 is 0 Å². The van der Waals surface area contributed by atoms with Gasteiger partial charge in [0.15, 0.2) is 17.5 Å². The fourth-order valence-electron chi connectivity index (χ4n) is 2.12. The number of pyridine rings is 1. The summed E-state index contributed by atoms with van der Waals surface area (Å²) >= 11 is 0. The van der Waals surface area contributed by atoms with E-state index in [1.54, 1.807) is 0 Å². The molecule has 1 saturated heterocycles. The molecule has 0 radical (unpaired) electrons. The molecule has 1 aliphatic rings. The Bertz CT molecular complexity index is 423. The summed E-state index contributed by atoms with van der Waals surface area (Å²) in [7, 11) is 0. The van der Waals surface area contributed by atoms with Crippen molar-refractivity contribution in [2.24, 2.45) is 0 Å². The van der Waals surface area contributed by atoms with Crippen LogP contribution in [0.25, 0.3) is 0 Å². The summed E-state index contributed by atoms with van der Waals surface area (Å²) in [6.07, 6.45) is 2.40. The summed E-state index contributed by atoms with van der Waals surface area (Å²) in [5.74, 6) is -1.58. The highest BCUT2D eigenvalue weighted by Gasteiger charge is 2.14. The second kappa shape index (κ2) is 6.65. The topological polar surface area (TPSA) is 37.4 Å². The van der Waals surface area contributed by atoms with Crippen LogP contribution < -0.4 is 10.1 Å². The summed E-state index contributed by atoms with van der Waals surface area (Å²) in [5.41, 5.74) is 0. The number of halogens is 2. The predicted molar refractivity (Wildman–Crippen MR) is 69.5 cm³/mol. The molecule has 1 aromatic rings. The van der Waals surface area contributed by atoms with Crippen molar-refractivity contribution in [3.05, 3.63) is 17.7 Å². The Morgan fingerprint density at radius 1 is 1.32 bits per heavy atom. The number of ether oxygens (including phenoxy) is 1. The second-order valence-electron chi connectivity index (χ2n) is 4.53. The van der Waals surface area contributed by atoms with E-state index in [2.05, 4.69) is 15.2 Å². The third-order valence-electron chi connectivity index (χ3n) is 3.09. The molecule has 19 heavy (non-hydrogen) atoms. The molecular formula is C13H19F2N3O. The Morgan fingerprint density at radius 2 is 2.05 bits per heavy atom. The van der Waals surface area contributed by atoms with Gasteiger partial charge in [-0.15, -0.1) is 0 Å². The molecule has 106 valence electrons. The minimum atomic E-state index is -0.763. The van der Waals surface area contributed by atoms with Gasteiger partial charge in [-0.1, -0.05) is 0 Å². The van der Waals surface area contributed by atoms with Crippen molar-refractivity contribution in [3.8, 4) is 5.88 Å². The maximum atomic E-state index is 13.5. The van der Waals surface area contributed by atoms with Crippen LogP contribution in [0.2, 0.25) is 0 Å². The van der Waals surface area contributed by atoms with Gasteiger partial charge in [0, 0.05) is 19.2 Å². The van der Waals surface area contributed by atoms with E-state index in [0.717, 1.165) is 25.7 Å². The van der Waals surface area contributed by atoms with E-state index in [9.17, 15) is 8.78 Å². The van der Waals surface area contributed by atoms with Crippen LogP contribution in [-0.4, -0.2) is 42.7 Å². The molecule has 6 heteroatoms. The van der Waals surface area contributed by atoms with Crippen molar-refractivity contribution >= 4 is 5.82 Å². The summed E-state index contributed by atoms with van der Waals surface area (Å²) < 4.78 is 32.2. The molecule has 0 unspecified atom stereocenters. The second-order valence-corrected chi connectivity index (χ2v) is 4.53. The van der Waals surface area contributed by atoms with E-state index in [1.165, 1.54) is 12.8 Å². The van der Waals surface area contributed by atoms with E-state index in [4.69, 9.17) is 4.74 Å². The first-order chi connectivity index (χ1) is 9.20. The van der Waals surface area contributed by atoms with Gasteiger partial charge in [-0.25, -0.2) is 8.78 Å². The van der Waals surface area contributed by atoms with Crippen LogP contribution in [0, 0.1) is 11.6 Å². The molecule has 0 amide bonds. The minimum absolute atomic E-state index is 0.0278. The lowest BCUT2D eigenvalue weighted by atomic mass is 10.4. The standard InChI is InChI=1S/C13H19F2N3O/c1-2-16-12-10(14)9-11(15)13(17-12)19-8-7-18-5-3-4-6-18/h9H,2-8H2,1H3,(H,16,17).